The first-order chi connectivity index (χ1) is 29.9. The lowest BCUT2D eigenvalue weighted by Crippen LogP contribution is -2.67. The van der Waals surface area contributed by atoms with E-state index in [1.807, 2.05) is 0 Å². The average molecular weight is 963 g/mol. The van der Waals surface area contributed by atoms with Gasteiger partial charge in [-0.2, -0.15) is 16.8 Å². The molecule has 0 aromatic carbocycles. The zero-order chi connectivity index (χ0) is 47.7. The van der Waals surface area contributed by atoms with Gasteiger partial charge in [-0.15, -0.1) is 0 Å². The Hall–Kier alpha value is -2.50. The van der Waals surface area contributed by atoms with E-state index in [9.17, 15) is 71.2 Å². The monoisotopic (exact) mass is 962 g/mol. The number of nitrogens with one attached hydrogen (secondary N) is 2. The Bertz CT molecular complexity index is 1780. The molecule has 370 valence electrons. The second-order valence-corrected chi connectivity index (χ2v) is 20.6. The fourth-order valence-electron chi connectivity index (χ4n) is 9.08. The van der Waals surface area contributed by atoms with Crippen LogP contribution in [-0.2, 0) is 63.1 Å². The zero-order valence-corrected chi connectivity index (χ0v) is 37.8. The van der Waals surface area contributed by atoms with E-state index in [0.717, 1.165) is 32.1 Å². The van der Waals surface area contributed by atoms with E-state index < -0.39 is 154 Å². The van der Waals surface area contributed by atoms with Crippen LogP contribution in [0, 0.1) is 17.8 Å². The molecule has 2 saturated carbocycles. The van der Waals surface area contributed by atoms with Crippen LogP contribution in [0.2, 0.25) is 0 Å². The van der Waals surface area contributed by atoms with Crippen molar-refractivity contribution < 1.29 is 99.4 Å². The van der Waals surface area contributed by atoms with E-state index in [0.29, 0.717) is 6.42 Å². The van der Waals surface area contributed by atoms with Gasteiger partial charge in [0.1, 0.15) is 53.7 Å². The molecular weight excluding hydrogens is 897 g/mol. The molecule has 4 fully saturated rings. The number of carboxylic acid groups (broad SMARTS) is 1. The minimum absolute atomic E-state index is 0.0232. The van der Waals surface area contributed by atoms with Crippen LogP contribution in [-0.4, -0.2) is 184 Å². The van der Waals surface area contributed by atoms with Crippen molar-refractivity contribution in [1.29, 1.82) is 0 Å². The van der Waals surface area contributed by atoms with Gasteiger partial charge in [0.25, 0.3) is 20.2 Å². The highest BCUT2D eigenvalue weighted by molar-refractivity contribution is 7.90. The highest BCUT2D eigenvalue weighted by Crippen LogP contribution is 2.40. The second-order valence-electron chi connectivity index (χ2n) is 17.4. The quantitative estimate of drug-likeness (QED) is 0.0432. The van der Waals surface area contributed by atoms with E-state index in [2.05, 4.69) is 10.6 Å². The second kappa shape index (κ2) is 24.0. The summed E-state index contributed by atoms with van der Waals surface area (Å²) in [5.74, 6) is -5.94. The predicted molar refractivity (Wildman–Crippen MR) is 219 cm³/mol. The Labute approximate surface area is 372 Å². The van der Waals surface area contributed by atoms with Crippen LogP contribution in [0.5, 0.6) is 0 Å². The van der Waals surface area contributed by atoms with Gasteiger partial charge in [-0.3, -0.25) is 23.5 Å². The van der Waals surface area contributed by atoms with Crippen LogP contribution >= 0.6 is 0 Å². The molecule has 8 unspecified atom stereocenters. The molecule has 64 heavy (non-hydrogen) atoms. The summed E-state index contributed by atoms with van der Waals surface area (Å²) in [6, 6.07) is -1.39. The number of Topliss-reactive ketones (excluding diaryl/α,β-unsaturated/α-hetero) is 1. The van der Waals surface area contributed by atoms with Gasteiger partial charge in [0, 0.05) is 32.2 Å². The lowest BCUT2D eigenvalue weighted by Gasteiger charge is -2.49. The minimum atomic E-state index is -5.04. The summed E-state index contributed by atoms with van der Waals surface area (Å²) in [6.07, 6.45) is -13.3. The number of carbonyl (C=O) groups excluding carboxylic acids is 3. The molecule has 2 amide bonds. The molecule has 0 aromatic rings. The summed E-state index contributed by atoms with van der Waals surface area (Å²) in [7, 11) is -9.92. The minimum Gasteiger partial charge on any atom is -0.479 e. The van der Waals surface area contributed by atoms with Crippen molar-refractivity contribution >= 4 is 43.8 Å². The molecule has 0 bridgehead atoms. The lowest BCUT2D eigenvalue weighted by atomic mass is 9.74. The molecular formula is C39H66N2O21S2. The highest BCUT2D eigenvalue weighted by Gasteiger charge is 2.53. The largest absolute Gasteiger partial charge is 0.479 e. The molecule has 2 saturated heterocycles. The Kier molecular flexibility index (Phi) is 20.3. The van der Waals surface area contributed by atoms with Crippen molar-refractivity contribution in [1.82, 2.24) is 10.6 Å². The molecule has 2 aliphatic carbocycles. The molecule has 16 atom stereocenters. The summed E-state index contributed by atoms with van der Waals surface area (Å²) in [5.41, 5.74) is 0. The number of carbonyl (C=O) groups is 4. The molecule has 25 heteroatoms. The van der Waals surface area contributed by atoms with E-state index in [1.165, 1.54) is 13.8 Å². The van der Waals surface area contributed by atoms with Crippen LogP contribution in [0.25, 0.3) is 0 Å². The van der Waals surface area contributed by atoms with Gasteiger partial charge in [0.05, 0.1) is 30.7 Å². The predicted octanol–water partition coefficient (Wildman–Crippen LogP) is -1.59. The number of aliphatic hydroxyl groups is 5. The standard InChI is InChI=1S/C39H66N2O21S2/c1-4-22-14-23(25(44)11-8-12-40-29(45)16-24(64(55,56)57)18-63(52,53)54)15-26(35(22)62-39-34(49)33(48)31(46)19(2)58-39)60-38-30(41-20(3)43)36(32(47)28(17-42)61-38)59-27(37(50)51)13-21-9-6-5-7-10-21/h19,21-24,26-28,30-36,38-39,42,46-49H,4-18H2,1-3H3,(H,40,45)(H,41,43)(H,50,51)(H,52,53,54)(H,55,56,57)/t19?,22?,23?,24?,26-,27+,28?,30?,31-,32+,33?,34+,35-,36?,38-,39+/m1/s1. The maximum Gasteiger partial charge on any atom is 0.332 e. The number of amides is 2. The Morgan fingerprint density at radius 1 is 0.859 bits per heavy atom. The number of carboxylic acids is 1. The van der Waals surface area contributed by atoms with Crippen molar-refractivity contribution in [2.45, 2.75) is 183 Å². The summed E-state index contributed by atoms with van der Waals surface area (Å²) in [5, 5.41) is 66.7. The normalized spacial score (nSPS) is 35.2. The van der Waals surface area contributed by atoms with Crippen LogP contribution < -0.4 is 10.6 Å². The fraction of sp³-hybridized carbons (Fsp3) is 0.897. The molecule has 23 nitrogen and oxygen atoms in total. The molecule has 4 aliphatic rings. The number of aliphatic hydroxyl groups excluding tert-OH is 5. The Morgan fingerprint density at radius 3 is 2.11 bits per heavy atom. The van der Waals surface area contributed by atoms with E-state index in [-0.39, 0.29) is 50.4 Å². The fourth-order valence-corrected chi connectivity index (χ4v) is 11.2. The maximum atomic E-state index is 13.9. The van der Waals surface area contributed by atoms with Crippen molar-refractivity contribution in [3.05, 3.63) is 0 Å². The molecule has 0 radical (unpaired) electrons. The zero-order valence-electron chi connectivity index (χ0n) is 36.1. The van der Waals surface area contributed by atoms with Crippen LogP contribution in [0.3, 0.4) is 0 Å². The van der Waals surface area contributed by atoms with Gasteiger partial charge >= 0.3 is 5.97 Å². The topological polar surface area (TPSA) is 369 Å². The summed E-state index contributed by atoms with van der Waals surface area (Å²) < 4.78 is 94.9. The van der Waals surface area contributed by atoms with E-state index >= 15 is 0 Å². The summed E-state index contributed by atoms with van der Waals surface area (Å²) in [4.78, 5) is 51.6. The van der Waals surface area contributed by atoms with Gasteiger partial charge in [0.15, 0.2) is 18.7 Å². The van der Waals surface area contributed by atoms with Crippen molar-refractivity contribution in [3.63, 3.8) is 0 Å². The Balaban J connectivity index is 1.59. The number of hydrogen-bond donors (Lipinski definition) is 10. The Morgan fingerprint density at radius 2 is 1.53 bits per heavy atom. The first-order valence-electron chi connectivity index (χ1n) is 21.7. The third kappa shape index (κ3) is 15.3. The molecule has 0 aromatic heterocycles. The number of ether oxygens (including phenoxy) is 5. The third-order valence-electron chi connectivity index (χ3n) is 12.6. The average Bonchev–Trinajstić information content (AvgIpc) is 3.21. The van der Waals surface area contributed by atoms with Gasteiger partial charge in [-0.05, 0) is 44.4 Å². The van der Waals surface area contributed by atoms with E-state index in [1.54, 1.807) is 6.92 Å². The first-order valence-corrected chi connectivity index (χ1v) is 24.9. The molecule has 0 spiro atoms. The highest BCUT2D eigenvalue weighted by atomic mass is 32.2. The maximum absolute atomic E-state index is 13.9. The van der Waals surface area contributed by atoms with E-state index in [4.69, 9.17) is 28.2 Å². The van der Waals surface area contributed by atoms with Crippen molar-refractivity contribution in [2.75, 3.05) is 18.9 Å². The van der Waals surface area contributed by atoms with Crippen LogP contribution in [0.15, 0.2) is 0 Å². The van der Waals surface area contributed by atoms with Gasteiger partial charge < -0.3 is 65.0 Å². The van der Waals surface area contributed by atoms with Gasteiger partial charge in [-0.25, -0.2) is 4.79 Å². The lowest BCUT2D eigenvalue weighted by molar-refractivity contribution is -0.338. The molecule has 2 aliphatic heterocycles. The van der Waals surface area contributed by atoms with Gasteiger partial charge in [-0.1, -0.05) is 45.4 Å². The third-order valence-corrected chi connectivity index (χ3v) is 14.8. The van der Waals surface area contributed by atoms with Gasteiger partial charge in [0.2, 0.25) is 11.8 Å². The van der Waals surface area contributed by atoms with Crippen molar-refractivity contribution in [2.24, 2.45) is 17.8 Å². The molecule has 10 N–H and O–H groups in total. The summed E-state index contributed by atoms with van der Waals surface area (Å²) in [6.45, 7) is 3.45. The summed E-state index contributed by atoms with van der Waals surface area (Å²) >= 11 is 0. The van der Waals surface area contributed by atoms with Crippen LogP contribution in [0.4, 0.5) is 0 Å². The van der Waals surface area contributed by atoms with Crippen LogP contribution in [0.1, 0.15) is 97.8 Å². The smallest absolute Gasteiger partial charge is 0.332 e. The number of aliphatic carboxylic acids is 1. The number of ketones is 1. The number of hydrogen-bond acceptors (Lipinski definition) is 18. The first kappa shape index (κ1) is 54.1. The molecule has 4 rings (SSSR count). The van der Waals surface area contributed by atoms with Crippen molar-refractivity contribution in [3.8, 4) is 0 Å². The SMILES string of the molecule is CCC1CC(C(=O)CCCNC(=O)CC(CS(=O)(=O)O)S(=O)(=O)O)C[C@@H](O[C@@H]2OC(CO)[C@H](O)C(O[C@@H](CC3CCCCC3)C(=O)O)C2NC(C)=O)[C@@H]1O[C@@H]1OC(C)[C@@H](O)C(O)[C@@H]1O. The number of rotatable bonds is 22. The molecule has 2 heterocycles.